The first-order valence-electron chi connectivity index (χ1n) is 9.02. The normalized spacial score (nSPS) is 42.5. The van der Waals surface area contributed by atoms with Gasteiger partial charge in [-0.2, -0.15) is 0 Å². The second-order valence-electron chi connectivity index (χ2n) is 9.57. The minimum atomic E-state index is -0.227. The molecule has 2 nitrogen and oxygen atoms in total. The van der Waals surface area contributed by atoms with Crippen LogP contribution in [0.5, 0.6) is 0 Å². The van der Waals surface area contributed by atoms with Crippen molar-refractivity contribution >= 4 is 5.97 Å². The number of rotatable bonds is 3. The minimum absolute atomic E-state index is 0.175. The first-order chi connectivity index (χ1) is 10.2. The smallest absolute Gasteiger partial charge is 0.333 e. The highest BCUT2D eigenvalue weighted by Gasteiger charge is 2.53. The Kier molecular flexibility index (Phi) is 3.94. The molecule has 3 aliphatic rings. The summed E-state index contributed by atoms with van der Waals surface area (Å²) < 4.78 is 5.51. The average Bonchev–Trinajstić information content (AvgIpc) is 2.67. The summed E-state index contributed by atoms with van der Waals surface area (Å²) in [5.74, 6) is 3.46. The molecule has 3 aliphatic carbocycles. The lowest BCUT2D eigenvalue weighted by atomic mass is 9.65. The van der Waals surface area contributed by atoms with Crippen molar-refractivity contribution in [3.63, 3.8) is 0 Å². The standard InChI is InChI=1S/C20H32O2/c1-13(2)18(21)22-12-20(5)7-6-16-14-8-15(17(16)11-20)10-19(3,4)9-14/h14-17H,1,6-12H2,2-5H3. The maximum absolute atomic E-state index is 11.7. The van der Waals surface area contributed by atoms with Crippen LogP contribution in [0.25, 0.3) is 0 Å². The molecule has 0 aromatic carbocycles. The van der Waals surface area contributed by atoms with E-state index in [0.717, 1.165) is 23.7 Å². The molecule has 0 heterocycles. The molecule has 0 N–H and O–H groups in total. The third kappa shape index (κ3) is 2.98. The van der Waals surface area contributed by atoms with Crippen LogP contribution in [-0.4, -0.2) is 12.6 Å². The molecule has 2 bridgehead atoms. The van der Waals surface area contributed by atoms with E-state index >= 15 is 0 Å². The summed E-state index contributed by atoms with van der Waals surface area (Å²) in [6.45, 7) is 13.2. The van der Waals surface area contributed by atoms with Crippen molar-refractivity contribution in [1.82, 2.24) is 0 Å². The van der Waals surface area contributed by atoms with Crippen LogP contribution in [0.1, 0.15) is 66.2 Å². The Morgan fingerprint density at radius 2 is 1.77 bits per heavy atom. The van der Waals surface area contributed by atoms with E-state index in [1.54, 1.807) is 6.92 Å². The quantitative estimate of drug-likeness (QED) is 0.542. The second kappa shape index (κ2) is 5.39. The highest BCUT2D eigenvalue weighted by Crippen LogP contribution is 2.62. The van der Waals surface area contributed by atoms with E-state index in [4.69, 9.17) is 4.74 Å². The van der Waals surface area contributed by atoms with Crippen molar-refractivity contribution in [1.29, 1.82) is 0 Å². The Labute approximate surface area is 135 Å². The van der Waals surface area contributed by atoms with E-state index in [1.807, 2.05) is 0 Å². The monoisotopic (exact) mass is 304 g/mol. The van der Waals surface area contributed by atoms with Gasteiger partial charge in [0.25, 0.3) is 0 Å². The van der Waals surface area contributed by atoms with Gasteiger partial charge in [0.05, 0.1) is 6.61 Å². The van der Waals surface area contributed by atoms with E-state index in [2.05, 4.69) is 27.4 Å². The number of hydrogen-bond acceptors (Lipinski definition) is 2. The zero-order chi connectivity index (χ0) is 16.1. The molecule has 0 amide bonds. The second-order valence-corrected chi connectivity index (χ2v) is 9.57. The van der Waals surface area contributed by atoms with Crippen LogP contribution in [0, 0.1) is 34.5 Å². The Morgan fingerprint density at radius 1 is 1.14 bits per heavy atom. The molecule has 3 saturated carbocycles. The van der Waals surface area contributed by atoms with Gasteiger partial charge in [-0.3, -0.25) is 0 Å². The van der Waals surface area contributed by atoms with Crippen molar-refractivity contribution < 1.29 is 9.53 Å². The molecule has 5 unspecified atom stereocenters. The fraction of sp³-hybridized carbons (Fsp3) is 0.850. The Morgan fingerprint density at radius 3 is 2.41 bits per heavy atom. The first kappa shape index (κ1) is 16.1. The van der Waals surface area contributed by atoms with Crippen LogP contribution in [0.2, 0.25) is 0 Å². The van der Waals surface area contributed by atoms with Crippen molar-refractivity contribution in [3.05, 3.63) is 12.2 Å². The molecule has 0 aromatic heterocycles. The van der Waals surface area contributed by atoms with E-state index in [9.17, 15) is 4.79 Å². The summed E-state index contributed by atoms with van der Waals surface area (Å²) in [7, 11) is 0. The Balaban J connectivity index is 1.66. The molecule has 2 heteroatoms. The van der Waals surface area contributed by atoms with E-state index in [0.29, 0.717) is 17.6 Å². The van der Waals surface area contributed by atoms with Gasteiger partial charge in [0, 0.05) is 11.0 Å². The molecule has 0 aliphatic heterocycles. The minimum Gasteiger partial charge on any atom is -0.462 e. The van der Waals surface area contributed by atoms with Gasteiger partial charge in [-0.05, 0) is 74.5 Å². The molecule has 0 saturated heterocycles. The fourth-order valence-corrected chi connectivity index (χ4v) is 5.86. The van der Waals surface area contributed by atoms with Crippen LogP contribution in [0.3, 0.4) is 0 Å². The topological polar surface area (TPSA) is 26.3 Å². The van der Waals surface area contributed by atoms with Gasteiger partial charge in [-0.25, -0.2) is 4.79 Å². The molecule has 0 aromatic rings. The zero-order valence-corrected chi connectivity index (χ0v) is 14.8. The van der Waals surface area contributed by atoms with Gasteiger partial charge >= 0.3 is 5.97 Å². The van der Waals surface area contributed by atoms with E-state index < -0.39 is 0 Å². The number of carbonyl (C=O) groups excluding carboxylic acids is 1. The molecule has 0 radical (unpaired) electrons. The third-order valence-corrected chi connectivity index (χ3v) is 6.71. The summed E-state index contributed by atoms with van der Waals surface area (Å²) in [4.78, 5) is 11.7. The first-order valence-corrected chi connectivity index (χ1v) is 9.02. The maximum Gasteiger partial charge on any atom is 0.333 e. The van der Waals surface area contributed by atoms with Crippen molar-refractivity contribution in [2.45, 2.75) is 66.2 Å². The van der Waals surface area contributed by atoms with Crippen LogP contribution in [0.4, 0.5) is 0 Å². The van der Waals surface area contributed by atoms with Crippen molar-refractivity contribution in [3.8, 4) is 0 Å². The van der Waals surface area contributed by atoms with Crippen molar-refractivity contribution in [2.75, 3.05) is 6.61 Å². The predicted molar refractivity (Wildman–Crippen MR) is 89.3 cm³/mol. The SMILES string of the molecule is C=C(C)C(=O)OCC1(C)CCC2C3CC(CC(C)(C)C3)C2C1. The summed E-state index contributed by atoms with van der Waals surface area (Å²) >= 11 is 0. The lowest BCUT2D eigenvalue weighted by Crippen LogP contribution is -2.36. The van der Waals surface area contributed by atoms with Gasteiger partial charge in [0.15, 0.2) is 0 Å². The third-order valence-electron chi connectivity index (χ3n) is 6.71. The lowest BCUT2D eigenvalue weighted by molar-refractivity contribution is -0.143. The highest BCUT2D eigenvalue weighted by atomic mass is 16.5. The Bertz CT molecular complexity index is 478. The van der Waals surface area contributed by atoms with Crippen LogP contribution < -0.4 is 0 Å². The van der Waals surface area contributed by atoms with E-state index in [-0.39, 0.29) is 11.4 Å². The van der Waals surface area contributed by atoms with Crippen LogP contribution in [0.15, 0.2) is 12.2 Å². The summed E-state index contributed by atoms with van der Waals surface area (Å²) in [6, 6.07) is 0. The number of carbonyl (C=O) groups is 1. The number of esters is 1. The molecule has 124 valence electrons. The predicted octanol–water partition coefficient (Wildman–Crippen LogP) is 4.98. The summed E-state index contributed by atoms with van der Waals surface area (Å²) in [6.07, 6.45) is 8.07. The molecular formula is C20H32O2. The van der Waals surface area contributed by atoms with Crippen LogP contribution in [-0.2, 0) is 9.53 Å². The largest absolute Gasteiger partial charge is 0.462 e. The average molecular weight is 304 g/mol. The van der Waals surface area contributed by atoms with Gasteiger partial charge in [0.2, 0.25) is 0 Å². The Hall–Kier alpha value is -0.790. The van der Waals surface area contributed by atoms with Gasteiger partial charge in [0.1, 0.15) is 0 Å². The molecule has 5 atom stereocenters. The molecular weight excluding hydrogens is 272 g/mol. The van der Waals surface area contributed by atoms with Crippen LogP contribution >= 0.6 is 0 Å². The number of ether oxygens (including phenoxy) is 1. The molecule has 22 heavy (non-hydrogen) atoms. The summed E-state index contributed by atoms with van der Waals surface area (Å²) in [5.41, 5.74) is 1.22. The number of hydrogen-bond donors (Lipinski definition) is 0. The van der Waals surface area contributed by atoms with Crippen molar-refractivity contribution in [2.24, 2.45) is 34.5 Å². The highest BCUT2D eigenvalue weighted by molar-refractivity contribution is 5.86. The van der Waals surface area contributed by atoms with E-state index in [1.165, 1.54) is 38.5 Å². The lowest BCUT2D eigenvalue weighted by Gasteiger charge is -2.41. The fourth-order valence-electron chi connectivity index (χ4n) is 5.86. The van der Waals surface area contributed by atoms with Gasteiger partial charge in [-0.15, -0.1) is 0 Å². The van der Waals surface area contributed by atoms with Gasteiger partial charge in [-0.1, -0.05) is 27.4 Å². The summed E-state index contributed by atoms with van der Waals surface area (Å²) in [5, 5.41) is 0. The number of fused-ring (bicyclic) bond motifs is 5. The maximum atomic E-state index is 11.7. The molecule has 3 fully saturated rings. The zero-order valence-electron chi connectivity index (χ0n) is 14.8. The van der Waals surface area contributed by atoms with Gasteiger partial charge < -0.3 is 4.74 Å². The molecule has 0 spiro atoms. The molecule has 3 rings (SSSR count).